The van der Waals surface area contributed by atoms with E-state index in [0.717, 1.165) is 18.2 Å². The van der Waals surface area contributed by atoms with Crippen molar-refractivity contribution in [2.45, 2.75) is 31.4 Å². The minimum absolute atomic E-state index is 0.0874. The molecule has 2 aliphatic rings. The molecule has 0 radical (unpaired) electrons. The van der Waals surface area contributed by atoms with Crippen molar-refractivity contribution >= 4 is 33.7 Å². The van der Waals surface area contributed by atoms with Gasteiger partial charge in [-0.1, -0.05) is 71.9 Å². The third-order valence-corrected chi connectivity index (χ3v) is 7.01. The summed E-state index contributed by atoms with van der Waals surface area (Å²) in [5, 5.41) is 4.25. The lowest BCUT2D eigenvalue weighted by molar-refractivity contribution is -0.119. The molecule has 2 unspecified atom stereocenters. The lowest BCUT2D eigenvalue weighted by Gasteiger charge is -2.30. The van der Waals surface area contributed by atoms with Crippen LogP contribution in [0.5, 0.6) is 0 Å². The zero-order chi connectivity index (χ0) is 20.1. The Morgan fingerprint density at radius 2 is 1.76 bits per heavy atom. The van der Waals surface area contributed by atoms with Crippen LogP contribution in [0.4, 0.5) is 4.79 Å². The number of amides is 2. The Morgan fingerprint density at radius 1 is 0.966 bits per heavy atom. The average Bonchev–Trinajstić information content (AvgIpc) is 3.05. The summed E-state index contributed by atoms with van der Waals surface area (Å²) in [6, 6.07) is 19.3. The fourth-order valence-electron chi connectivity index (χ4n) is 4.64. The third kappa shape index (κ3) is 3.08. The van der Waals surface area contributed by atoms with Crippen LogP contribution in [0.15, 0.2) is 66.2 Å². The molecule has 3 aromatic carbocycles. The zero-order valence-electron chi connectivity index (χ0n) is 16.4. The molecular weight excluding hydrogens is 378 g/mol. The average molecular weight is 400 g/mol. The van der Waals surface area contributed by atoms with Gasteiger partial charge in [-0.25, -0.2) is 0 Å². The number of carbonyl (C=O) groups is 2. The molecule has 1 aliphatic heterocycles. The van der Waals surface area contributed by atoms with Gasteiger partial charge in [0.2, 0.25) is 5.91 Å². The highest BCUT2D eigenvalue weighted by Crippen LogP contribution is 2.44. The van der Waals surface area contributed by atoms with Crippen LogP contribution in [0, 0.1) is 6.92 Å². The molecule has 5 rings (SSSR count). The Hall–Kier alpha value is -2.85. The van der Waals surface area contributed by atoms with E-state index in [4.69, 9.17) is 0 Å². The molecule has 0 saturated carbocycles. The molecule has 2 atom stereocenters. The predicted octanol–water partition coefficient (Wildman–Crippen LogP) is 5.75. The summed E-state index contributed by atoms with van der Waals surface area (Å²) in [6.45, 7) is 4.21. The summed E-state index contributed by atoms with van der Waals surface area (Å²) in [4.78, 5) is 24.2. The SMILES string of the molecule is CC1=CC(C2SC(=O)NC2=O)c2c(C)ccc(-c3ccc4ccccc4c3)c2C1. The van der Waals surface area contributed by atoms with Gasteiger partial charge in [-0.2, -0.15) is 0 Å². The number of nitrogens with one attached hydrogen (secondary N) is 1. The molecule has 3 aromatic rings. The van der Waals surface area contributed by atoms with Crippen LogP contribution >= 0.6 is 11.8 Å². The standard InChI is InChI=1S/C25H21NO2S/c1-14-11-20-19(18-9-8-16-5-3-4-6-17(16)13-18)10-7-15(2)22(20)21(12-14)23-24(27)26-25(28)29-23/h3-10,12-13,21,23H,11H2,1-2H3,(H,26,27,28). The Balaban J connectivity index is 1.68. The van der Waals surface area contributed by atoms with Crippen LogP contribution < -0.4 is 5.32 Å². The van der Waals surface area contributed by atoms with Crippen molar-refractivity contribution < 1.29 is 9.59 Å². The lowest BCUT2D eigenvalue weighted by Crippen LogP contribution is -2.30. The first kappa shape index (κ1) is 18.2. The highest BCUT2D eigenvalue weighted by Gasteiger charge is 2.40. The molecule has 1 fully saturated rings. The number of aryl methyl sites for hydroxylation is 1. The van der Waals surface area contributed by atoms with Gasteiger partial charge in [-0.05, 0) is 64.9 Å². The van der Waals surface area contributed by atoms with Crippen molar-refractivity contribution in [2.75, 3.05) is 0 Å². The van der Waals surface area contributed by atoms with Crippen LogP contribution in [-0.4, -0.2) is 16.4 Å². The van der Waals surface area contributed by atoms with Crippen LogP contribution in [0.3, 0.4) is 0 Å². The van der Waals surface area contributed by atoms with Gasteiger partial charge >= 0.3 is 0 Å². The molecule has 1 saturated heterocycles. The van der Waals surface area contributed by atoms with E-state index in [1.807, 2.05) is 0 Å². The van der Waals surface area contributed by atoms with E-state index in [0.29, 0.717) is 0 Å². The number of imide groups is 1. The van der Waals surface area contributed by atoms with E-state index in [-0.39, 0.29) is 17.1 Å². The maximum absolute atomic E-state index is 12.4. The van der Waals surface area contributed by atoms with E-state index in [9.17, 15) is 9.59 Å². The quantitative estimate of drug-likeness (QED) is 0.558. The van der Waals surface area contributed by atoms with E-state index >= 15 is 0 Å². The number of hydrogen-bond acceptors (Lipinski definition) is 3. The Morgan fingerprint density at radius 3 is 2.52 bits per heavy atom. The van der Waals surface area contributed by atoms with Crippen molar-refractivity contribution in [1.29, 1.82) is 0 Å². The number of fused-ring (bicyclic) bond motifs is 2. The summed E-state index contributed by atoms with van der Waals surface area (Å²) in [7, 11) is 0. The molecule has 2 amide bonds. The van der Waals surface area contributed by atoms with Crippen LogP contribution in [0.1, 0.15) is 29.5 Å². The second kappa shape index (κ2) is 6.89. The van der Waals surface area contributed by atoms with Gasteiger partial charge in [0.05, 0.1) is 0 Å². The largest absolute Gasteiger partial charge is 0.286 e. The number of rotatable bonds is 2. The maximum atomic E-state index is 12.4. The number of thioether (sulfide) groups is 1. The summed E-state index contributed by atoms with van der Waals surface area (Å²) in [5.74, 6) is -0.270. The van der Waals surface area contributed by atoms with Crippen LogP contribution in [-0.2, 0) is 11.2 Å². The molecule has 1 heterocycles. The van der Waals surface area contributed by atoms with Gasteiger partial charge in [0, 0.05) is 5.92 Å². The van der Waals surface area contributed by atoms with Gasteiger partial charge in [-0.3, -0.25) is 14.9 Å². The Labute approximate surface area is 174 Å². The van der Waals surface area contributed by atoms with E-state index in [1.165, 1.54) is 44.2 Å². The monoisotopic (exact) mass is 399 g/mol. The Bertz CT molecular complexity index is 1210. The van der Waals surface area contributed by atoms with Crippen molar-refractivity contribution in [3.05, 3.63) is 82.9 Å². The molecule has 1 N–H and O–H groups in total. The molecule has 0 aromatic heterocycles. The van der Waals surface area contributed by atoms with Crippen molar-refractivity contribution in [3.8, 4) is 11.1 Å². The molecule has 0 spiro atoms. The summed E-state index contributed by atoms with van der Waals surface area (Å²) in [5.41, 5.74) is 7.28. The van der Waals surface area contributed by atoms with Gasteiger partial charge in [0.15, 0.2) is 0 Å². The van der Waals surface area contributed by atoms with Crippen LogP contribution in [0.25, 0.3) is 21.9 Å². The maximum Gasteiger partial charge on any atom is 0.286 e. The van der Waals surface area contributed by atoms with Crippen molar-refractivity contribution in [3.63, 3.8) is 0 Å². The molecule has 29 heavy (non-hydrogen) atoms. The Kier molecular flexibility index (Phi) is 4.32. The first-order valence-electron chi connectivity index (χ1n) is 9.81. The number of carbonyl (C=O) groups excluding carboxylic acids is 2. The predicted molar refractivity (Wildman–Crippen MR) is 119 cm³/mol. The highest BCUT2D eigenvalue weighted by atomic mass is 32.2. The molecular formula is C25H21NO2S. The van der Waals surface area contributed by atoms with Gasteiger partial charge in [0.1, 0.15) is 5.25 Å². The number of benzene rings is 3. The topological polar surface area (TPSA) is 46.2 Å². The second-order valence-corrected chi connectivity index (χ2v) is 9.03. The highest BCUT2D eigenvalue weighted by molar-refractivity contribution is 8.15. The molecule has 144 valence electrons. The van der Waals surface area contributed by atoms with Gasteiger partial charge in [0.25, 0.3) is 5.24 Å². The smallest absolute Gasteiger partial charge is 0.286 e. The third-order valence-electron chi connectivity index (χ3n) is 5.93. The molecule has 4 heteroatoms. The first-order valence-corrected chi connectivity index (χ1v) is 10.7. The molecule has 1 aliphatic carbocycles. The number of hydrogen-bond donors (Lipinski definition) is 1. The summed E-state index contributed by atoms with van der Waals surface area (Å²) >= 11 is 1.11. The normalized spacial score (nSPS) is 21.1. The second-order valence-electron chi connectivity index (χ2n) is 7.91. The van der Waals surface area contributed by atoms with E-state index in [1.54, 1.807) is 0 Å². The molecule has 0 bridgehead atoms. The van der Waals surface area contributed by atoms with Gasteiger partial charge in [-0.15, -0.1) is 0 Å². The minimum atomic E-state index is -0.401. The first-order chi connectivity index (χ1) is 14.0. The summed E-state index contributed by atoms with van der Waals surface area (Å²) < 4.78 is 0. The van der Waals surface area contributed by atoms with Crippen molar-refractivity contribution in [2.24, 2.45) is 0 Å². The zero-order valence-corrected chi connectivity index (χ0v) is 17.2. The minimum Gasteiger partial charge on any atom is -0.286 e. The fourth-order valence-corrected chi connectivity index (χ4v) is 5.55. The lowest BCUT2D eigenvalue weighted by atomic mass is 9.77. The fraction of sp³-hybridized carbons (Fsp3) is 0.200. The molecule has 3 nitrogen and oxygen atoms in total. The van der Waals surface area contributed by atoms with Crippen molar-refractivity contribution in [1.82, 2.24) is 5.32 Å². The van der Waals surface area contributed by atoms with E-state index < -0.39 is 5.25 Å². The number of allylic oxidation sites excluding steroid dienone is 2. The van der Waals surface area contributed by atoms with E-state index in [2.05, 4.69) is 79.8 Å². The summed E-state index contributed by atoms with van der Waals surface area (Å²) in [6.07, 6.45) is 3.04. The van der Waals surface area contributed by atoms with Crippen LogP contribution in [0.2, 0.25) is 0 Å². The van der Waals surface area contributed by atoms with Gasteiger partial charge < -0.3 is 0 Å².